The fraction of sp³-hybridized carbons (Fsp3) is 0.583. The predicted molar refractivity (Wildman–Crippen MR) is 68.3 cm³/mol. The average molecular weight is 301 g/mol. The normalized spacial score (nSPS) is 17.6. The van der Waals surface area contributed by atoms with Crippen LogP contribution in [0.3, 0.4) is 0 Å². The molecule has 1 amide bonds. The Labute approximate surface area is 109 Å². The molecule has 0 saturated heterocycles. The Kier molecular flexibility index (Phi) is 3.58. The summed E-state index contributed by atoms with van der Waals surface area (Å²) in [5.41, 5.74) is 5.81. The van der Waals surface area contributed by atoms with Gasteiger partial charge in [-0.3, -0.25) is 4.79 Å². The number of hydrogen-bond acceptors (Lipinski definition) is 3. The molecule has 0 bridgehead atoms. The van der Waals surface area contributed by atoms with Crippen molar-refractivity contribution < 1.29 is 9.21 Å². The number of nitrogens with zero attached hydrogens (tertiary/aromatic N) is 1. The number of halogens is 1. The van der Waals surface area contributed by atoms with E-state index in [4.69, 9.17) is 10.2 Å². The van der Waals surface area contributed by atoms with Crippen molar-refractivity contribution >= 4 is 21.8 Å². The second-order valence-corrected chi connectivity index (χ2v) is 5.63. The third kappa shape index (κ3) is 3.10. The summed E-state index contributed by atoms with van der Waals surface area (Å²) >= 11 is 3.24. The zero-order valence-corrected chi connectivity index (χ0v) is 11.5. The zero-order chi connectivity index (χ0) is 12.5. The Hall–Kier alpha value is -0.810. The maximum absolute atomic E-state index is 12.0. The van der Waals surface area contributed by atoms with Gasteiger partial charge in [-0.2, -0.15) is 0 Å². The van der Waals surface area contributed by atoms with Gasteiger partial charge in [-0.05, 0) is 47.3 Å². The van der Waals surface area contributed by atoms with E-state index in [1.165, 1.54) is 0 Å². The maximum atomic E-state index is 12.0. The molecule has 0 radical (unpaired) electrons. The quantitative estimate of drug-likeness (QED) is 0.928. The number of amides is 1. The van der Waals surface area contributed by atoms with Crippen molar-refractivity contribution in [1.29, 1.82) is 0 Å². The summed E-state index contributed by atoms with van der Waals surface area (Å²) in [5, 5.41) is 0. The molecular formula is C12H17BrN2O2. The standard InChI is InChI=1S/C12H17BrN2O2/c1-15(8-9-3-4-10(13)17-9)11(16)7-12(14)5-2-6-12/h3-4H,2,5-8,14H2,1H3. The van der Waals surface area contributed by atoms with Crippen LogP contribution < -0.4 is 5.73 Å². The minimum absolute atomic E-state index is 0.0831. The minimum atomic E-state index is -0.255. The van der Waals surface area contributed by atoms with Crippen LogP contribution in [0.1, 0.15) is 31.4 Å². The highest BCUT2D eigenvalue weighted by molar-refractivity contribution is 9.10. The van der Waals surface area contributed by atoms with Gasteiger partial charge in [0.15, 0.2) is 4.67 Å². The van der Waals surface area contributed by atoms with Crippen LogP contribution in [0, 0.1) is 0 Å². The third-order valence-electron chi connectivity index (χ3n) is 3.30. The molecule has 0 atom stereocenters. The number of furan rings is 1. The monoisotopic (exact) mass is 300 g/mol. The largest absolute Gasteiger partial charge is 0.452 e. The van der Waals surface area contributed by atoms with E-state index < -0.39 is 0 Å². The molecule has 4 nitrogen and oxygen atoms in total. The van der Waals surface area contributed by atoms with Gasteiger partial charge in [0, 0.05) is 19.0 Å². The highest BCUT2D eigenvalue weighted by atomic mass is 79.9. The SMILES string of the molecule is CN(Cc1ccc(Br)o1)C(=O)CC1(N)CCC1. The lowest BCUT2D eigenvalue weighted by molar-refractivity contribution is -0.132. The Morgan fingerprint density at radius 3 is 2.76 bits per heavy atom. The molecule has 1 fully saturated rings. The maximum Gasteiger partial charge on any atom is 0.224 e. The van der Waals surface area contributed by atoms with Gasteiger partial charge in [0.25, 0.3) is 0 Å². The Morgan fingerprint density at radius 2 is 2.29 bits per heavy atom. The van der Waals surface area contributed by atoms with E-state index in [1.54, 1.807) is 11.9 Å². The first-order valence-electron chi connectivity index (χ1n) is 5.76. The molecule has 17 heavy (non-hydrogen) atoms. The Balaban J connectivity index is 1.86. The highest BCUT2D eigenvalue weighted by Crippen LogP contribution is 2.32. The van der Waals surface area contributed by atoms with E-state index in [1.807, 2.05) is 12.1 Å². The third-order valence-corrected chi connectivity index (χ3v) is 3.73. The first-order chi connectivity index (χ1) is 7.98. The molecule has 0 aliphatic heterocycles. The lowest BCUT2D eigenvalue weighted by Gasteiger charge is -2.38. The van der Waals surface area contributed by atoms with Crippen molar-refractivity contribution in [2.24, 2.45) is 5.73 Å². The fourth-order valence-electron chi connectivity index (χ4n) is 2.00. The summed E-state index contributed by atoms with van der Waals surface area (Å²) in [7, 11) is 1.78. The van der Waals surface area contributed by atoms with Crippen LogP contribution in [0.15, 0.2) is 21.2 Å². The molecule has 0 aromatic carbocycles. The number of carbonyl (C=O) groups excluding carboxylic acids is 1. The Bertz CT molecular complexity index is 412. The number of nitrogens with two attached hydrogens (primary N) is 1. The van der Waals surface area contributed by atoms with Crippen LogP contribution in [0.2, 0.25) is 0 Å². The van der Waals surface area contributed by atoms with Crippen LogP contribution in [-0.2, 0) is 11.3 Å². The fourth-order valence-corrected chi connectivity index (χ4v) is 2.34. The molecule has 2 rings (SSSR count). The second-order valence-electron chi connectivity index (χ2n) is 4.85. The van der Waals surface area contributed by atoms with Gasteiger partial charge in [-0.15, -0.1) is 0 Å². The van der Waals surface area contributed by atoms with E-state index in [-0.39, 0.29) is 11.4 Å². The average Bonchev–Trinajstić information content (AvgIpc) is 2.61. The predicted octanol–water partition coefficient (Wildman–Crippen LogP) is 2.27. The van der Waals surface area contributed by atoms with Gasteiger partial charge >= 0.3 is 0 Å². The molecule has 1 aliphatic rings. The van der Waals surface area contributed by atoms with E-state index in [2.05, 4.69) is 15.9 Å². The zero-order valence-electron chi connectivity index (χ0n) is 9.91. The number of hydrogen-bond donors (Lipinski definition) is 1. The molecule has 1 heterocycles. The van der Waals surface area contributed by atoms with E-state index in [0.29, 0.717) is 17.6 Å². The van der Waals surface area contributed by atoms with Crippen molar-refractivity contribution in [1.82, 2.24) is 4.90 Å². The van der Waals surface area contributed by atoms with Gasteiger partial charge in [0.2, 0.25) is 5.91 Å². The van der Waals surface area contributed by atoms with Gasteiger partial charge in [-0.25, -0.2) is 0 Å². The van der Waals surface area contributed by atoms with Crippen molar-refractivity contribution in [2.45, 2.75) is 37.8 Å². The van der Waals surface area contributed by atoms with Crippen LogP contribution >= 0.6 is 15.9 Å². The molecule has 1 aromatic rings. The smallest absolute Gasteiger partial charge is 0.224 e. The lowest BCUT2D eigenvalue weighted by Crippen LogP contribution is -2.50. The molecule has 2 N–H and O–H groups in total. The summed E-state index contributed by atoms with van der Waals surface area (Å²) in [6, 6.07) is 3.68. The van der Waals surface area contributed by atoms with Gasteiger partial charge in [-0.1, -0.05) is 0 Å². The van der Waals surface area contributed by atoms with E-state index >= 15 is 0 Å². The summed E-state index contributed by atoms with van der Waals surface area (Å²) in [6.07, 6.45) is 3.49. The molecule has 0 spiro atoms. The van der Waals surface area contributed by atoms with Gasteiger partial charge in [0.1, 0.15) is 5.76 Å². The van der Waals surface area contributed by atoms with Crippen molar-refractivity contribution in [3.8, 4) is 0 Å². The highest BCUT2D eigenvalue weighted by Gasteiger charge is 2.35. The molecule has 1 aliphatic carbocycles. The molecule has 1 saturated carbocycles. The van der Waals surface area contributed by atoms with E-state index in [0.717, 1.165) is 25.0 Å². The summed E-state index contributed by atoms with van der Waals surface area (Å²) in [6.45, 7) is 0.487. The van der Waals surface area contributed by atoms with Gasteiger partial charge in [0.05, 0.1) is 6.54 Å². The summed E-state index contributed by atoms with van der Waals surface area (Å²) in [4.78, 5) is 13.6. The van der Waals surface area contributed by atoms with Crippen LogP contribution in [0.25, 0.3) is 0 Å². The summed E-state index contributed by atoms with van der Waals surface area (Å²) in [5.74, 6) is 0.854. The van der Waals surface area contributed by atoms with Gasteiger partial charge < -0.3 is 15.1 Å². The number of carbonyl (C=O) groups is 1. The first-order valence-corrected chi connectivity index (χ1v) is 6.55. The van der Waals surface area contributed by atoms with Crippen molar-refractivity contribution in [3.05, 3.63) is 22.6 Å². The molecular weight excluding hydrogens is 284 g/mol. The summed E-state index contributed by atoms with van der Waals surface area (Å²) < 4.78 is 6.05. The number of rotatable bonds is 4. The Morgan fingerprint density at radius 1 is 1.59 bits per heavy atom. The second kappa shape index (κ2) is 4.82. The lowest BCUT2D eigenvalue weighted by atomic mass is 9.75. The van der Waals surface area contributed by atoms with Crippen molar-refractivity contribution in [3.63, 3.8) is 0 Å². The van der Waals surface area contributed by atoms with E-state index in [9.17, 15) is 4.79 Å². The topological polar surface area (TPSA) is 59.5 Å². The van der Waals surface area contributed by atoms with Crippen LogP contribution in [0.5, 0.6) is 0 Å². The first kappa shape index (κ1) is 12.6. The molecule has 94 valence electrons. The molecule has 0 unspecified atom stereocenters. The van der Waals surface area contributed by atoms with Crippen molar-refractivity contribution in [2.75, 3.05) is 7.05 Å². The molecule has 5 heteroatoms. The minimum Gasteiger partial charge on any atom is -0.452 e. The molecule has 1 aromatic heterocycles. The van der Waals surface area contributed by atoms with Crippen LogP contribution in [0.4, 0.5) is 0 Å². The van der Waals surface area contributed by atoms with Crippen LogP contribution in [-0.4, -0.2) is 23.4 Å².